The molecule has 0 bridgehead atoms. The van der Waals surface area contributed by atoms with Crippen molar-refractivity contribution < 1.29 is 14.6 Å². The lowest BCUT2D eigenvalue weighted by atomic mass is 9.70. The second kappa shape index (κ2) is 7.48. The first-order valence-corrected chi connectivity index (χ1v) is 8.02. The highest BCUT2D eigenvalue weighted by Gasteiger charge is 2.35. The van der Waals surface area contributed by atoms with E-state index in [1.165, 1.54) is 12.8 Å². The minimum atomic E-state index is -0.661. The molecular formula is C18H26O3. The molecule has 3 heteroatoms. The van der Waals surface area contributed by atoms with Gasteiger partial charge in [0.15, 0.2) is 0 Å². The minimum absolute atomic E-state index is 0.297. The van der Waals surface area contributed by atoms with Crippen molar-refractivity contribution in [3.05, 3.63) is 29.8 Å². The van der Waals surface area contributed by atoms with Gasteiger partial charge in [-0.25, -0.2) is 0 Å². The number of carbonyl (C=O) groups is 1. The molecule has 1 N–H and O–H groups in total. The molecule has 3 atom stereocenters. The van der Waals surface area contributed by atoms with E-state index in [0.29, 0.717) is 18.3 Å². The summed E-state index contributed by atoms with van der Waals surface area (Å²) >= 11 is 0. The molecule has 1 aliphatic rings. The molecule has 0 radical (unpaired) electrons. The van der Waals surface area contributed by atoms with E-state index >= 15 is 0 Å². The van der Waals surface area contributed by atoms with Gasteiger partial charge in [0.1, 0.15) is 5.75 Å². The van der Waals surface area contributed by atoms with Crippen LogP contribution in [0.15, 0.2) is 24.3 Å². The third-order valence-corrected chi connectivity index (χ3v) is 4.96. The summed E-state index contributed by atoms with van der Waals surface area (Å²) in [7, 11) is 1.64. The fourth-order valence-corrected chi connectivity index (χ4v) is 3.80. The third-order valence-electron chi connectivity index (χ3n) is 4.96. The van der Waals surface area contributed by atoms with Gasteiger partial charge in [0, 0.05) is 0 Å². The van der Waals surface area contributed by atoms with Gasteiger partial charge in [0.25, 0.3) is 0 Å². The molecule has 2 rings (SSSR count). The fraction of sp³-hybridized carbons (Fsp3) is 0.611. The molecule has 0 amide bonds. The lowest BCUT2D eigenvalue weighted by Gasteiger charge is -2.35. The molecule has 116 valence electrons. The van der Waals surface area contributed by atoms with Gasteiger partial charge in [-0.1, -0.05) is 50.8 Å². The van der Waals surface area contributed by atoms with E-state index in [2.05, 4.69) is 6.92 Å². The van der Waals surface area contributed by atoms with Crippen LogP contribution in [0.3, 0.4) is 0 Å². The quantitative estimate of drug-likeness (QED) is 0.856. The molecule has 1 aromatic rings. The lowest BCUT2D eigenvalue weighted by molar-refractivity contribution is -0.145. The van der Waals surface area contributed by atoms with Crippen LogP contribution in [0.2, 0.25) is 0 Å². The van der Waals surface area contributed by atoms with Crippen LogP contribution in [0, 0.1) is 17.8 Å². The summed E-state index contributed by atoms with van der Waals surface area (Å²) in [6.07, 6.45) is 6.29. The van der Waals surface area contributed by atoms with Crippen LogP contribution in [-0.2, 0) is 11.2 Å². The highest BCUT2D eigenvalue weighted by Crippen LogP contribution is 2.39. The Labute approximate surface area is 127 Å². The number of para-hydroxylation sites is 1. The van der Waals surface area contributed by atoms with Crippen LogP contribution in [0.5, 0.6) is 5.75 Å². The molecule has 1 saturated carbocycles. The molecule has 1 aromatic carbocycles. The molecule has 0 aromatic heterocycles. The van der Waals surface area contributed by atoms with Crippen molar-refractivity contribution >= 4 is 5.97 Å². The summed E-state index contributed by atoms with van der Waals surface area (Å²) in [6.45, 7) is 2.19. The number of carboxylic acid groups (broad SMARTS) is 1. The average molecular weight is 290 g/mol. The highest BCUT2D eigenvalue weighted by molar-refractivity contribution is 5.71. The van der Waals surface area contributed by atoms with Crippen molar-refractivity contribution in [1.82, 2.24) is 0 Å². The summed E-state index contributed by atoms with van der Waals surface area (Å²) in [4.78, 5) is 11.8. The SMILES string of the molecule is CCC1CCCCC1C(Cc1ccccc1OC)C(=O)O. The normalized spacial score (nSPS) is 23.5. The summed E-state index contributed by atoms with van der Waals surface area (Å²) in [5, 5.41) is 9.72. The van der Waals surface area contributed by atoms with Gasteiger partial charge < -0.3 is 9.84 Å². The maximum Gasteiger partial charge on any atom is 0.307 e. The van der Waals surface area contributed by atoms with Crippen LogP contribution < -0.4 is 4.74 Å². The first kappa shape index (κ1) is 15.9. The second-order valence-corrected chi connectivity index (χ2v) is 6.08. The van der Waals surface area contributed by atoms with Crippen LogP contribution >= 0.6 is 0 Å². The van der Waals surface area contributed by atoms with Crippen LogP contribution in [0.4, 0.5) is 0 Å². The summed E-state index contributed by atoms with van der Waals surface area (Å²) in [5.74, 6) is 0.686. The zero-order valence-electron chi connectivity index (χ0n) is 13.0. The van der Waals surface area contributed by atoms with Crippen molar-refractivity contribution in [3.8, 4) is 5.75 Å². The van der Waals surface area contributed by atoms with E-state index in [9.17, 15) is 9.90 Å². The third kappa shape index (κ3) is 3.78. The Bertz CT molecular complexity index is 469. The number of benzene rings is 1. The molecule has 3 unspecified atom stereocenters. The standard InChI is InChI=1S/C18H26O3/c1-3-13-8-4-6-10-15(13)16(18(19)20)12-14-9-5-7-11-17(14)21-2/h5,7,9,11,13,15-16H,3-4,6,8,10,12H2,1-2H3,(H,19,20). The Hall–Kier alpha value is -1.51. The van der Waals surface area contributed by atoms with Crippen molar-refractivity contribution in [1.29, 1.82) is 0 Å². The van der Waals surface area contributed by atoms with Crippen LogP contribution in [-0.4, -0.2) is 18.2 Å². The summed E-state index contributed by atoms with van der Waals surface area (Å²) in [6, 6.07) is 7.77. The Morgan fingerprint density at radius 2 is 2.05 bits per heavy atom. The monoisotopic (exact) mass is 290 g/mol. The van der Waals surface area contributed by atoms with Gasteiger partial charge in [-0.3, -0.25) is 4.79 Å². The average Bonchev–Trinajstić information content (AvgIpc) is 2.52. The Balaban J connectivity index is 2.20. The molecule has 0 aliphatic heterocycles. The van der Waals surface area contributed by atoms with Gasteiger partial charge in [-0.2, -0.15) is 0 Å². The zero-order chi connectivity index (χ0) is 15.2. The smallest absolute Gasteiger partial charge is 0.307 e. The molecule has 21 heavy (non-hydrogen) atoms. The number of methoxy groups -OCH3 is 1. The molecule has 3 nitrogen and oxygen atoms in total. The van der Waals surface area contributed by atoms with E-state index in [1.807, 2.05) is 24.3 Å². The summed E-state index contributed by atoms with van der Waals surface area (Å²) in [5.41, 5.74) is 1.01. The largest absolute Gasteiger partial charge is 0.496 e. The molecule has 0 saturated heterocycles. The van der Waals surface area contributed by atoms with Gasteiger partial charge in [0.2, 0.25) is 0 Å². The van der Waals surface area contributed by atoms with Crippen molar-refractivity contribution in [3.63, 3.8) is 0 Å². The maximum absolute atomic E-state index is 11.8. The molecule has 1 fully saturated rings. The topological polar surface area (TPSA) is 46.5 Å². The van der Waals surface area contributed by atoms with Crippen LogP contribution in [0.25, 0.3) is 0 Å². The van der Waals surface area contributed by atoms with Crippen molar-refractivity contribution in [2.45, 2.75) is 45.4 Å². The fourth-order valence-electron chi connectivity index (χ4n) is 3.80. The first-order valence-electron chi connectivity index (χ1n) is 8.02. The molecule has 0 heterocycles. The van der Waals surface area contributed by atoms with Crippen molar-refractivity contribution in [2.24, 2.45) is 17.8 Å². The van der Waals surface area contributed by atoms with E-state index in [4.69, 9.17) is 4.74 Å². The number of hydrogen-bond acceptors (Lipinski definition) is 2. The van der Waals surface area contributed by atoms with Crippen LogP contribution in [0.1, 0.15) is 44.6 Å². The first-order chi connectivity index (χ1) is 10.2. The van der Waals surface area contributed by atoms with Gasteiger partial charge in [-0.05, 0) is 36.3 Å². The number of ether oxygens (including phenoxy) is 1. The van der Waals surface area contributed by atoms with Gasteiger partial charge in [-0.15, -0.1) is 0 Å². The number of rotatable bonds is 6. The highest BCUT2D eigenvalue weighted by atomic mass is 16.5. The maximum atomic E-state index is 11.8. The number of carboxylic acids is 1. The Morgan fingerprint density at radius 3 is 2.71 bits per heavy atom. The Morgan fingerprint density at radius 1 is 1.33 bits per heavy atom. The molecular weight excluding hydrogens is 264 g/mol. The predicted octanol–water partition coefficient (Wildman–Crippen LogP) is 4.15. The van der Waals surface area contributed by atoms with Gasteiger partial charge >= 0.3 is 5.97 Å². The number of aliphatic carboxylic acids is 1. The summed E-state index contributed by atoms with van der Waals surface area (Å²) < 4.78 is 5.37. The van der Waals surface area contributed by atoms with E-state index < -0.39 is 5.97 Å². The molecule has 0 spiro atoms. The second-order valence-electron chi connectivity index (χ2n) is 6.08. The molecule has 1 aliphatic carbocycles. The minimum Gasteiger partial charge on any atom is -0.496 e. The Kier molecular flexibility index (Phi) is 5.66. The lowest BCUT2D eigenvalue weighted by Crippen LogP contribution is -2.33. The van der Waals surface area contributed by atoms with E-state index in [1.54, 1.807) is 7.11 Å². The van der Waals surface area contributed by atoms with E-state index in [0.717, 1.165) is 30.6 Å². The zero-order valence-corrected chi connectivity index (χ0v) is 13.0. The van der Waals surface area contributed by atoms with Gasteiger partial charge in [0.05, 0.1) is 13.0 Å². The predicted molar refractivity (Wildman–Crippen MR) is 83.6 cm³/mol. The van der Waals surface area contributed by atoms with E-state index in [-0.39, 0.29) is 5.92 Å². The van der Waals surface area contributed by atoms with Crippen molar-refractivity contribution in [2.75, 3.05) is 7.11 Å². The number of hydrogen-bond donors (Lipinski definition) is 1.